The second-order valence-corrected chi connectivity index (χ2v) is 7.22. The van der Waals surface area contributed by atoms with Crippen LogP contribution in [0.15, 0.2) is 53.6 Å². The summed E-state index contributed by atoms with van der Waals surface area (Å²) in [6.07, 6.45) is 4.03. The van der Waals surface area contributed by atoms with Crippen LogP contribution in [0.25, 0.3) is 11.3 Å². The molecule has 0 atom stereocenters. The molecule has 0 saturated carbocycles. The van der Waals surface area contributed by atoms with Crippen molar-refractivity contribution >= 4 is 23.3 Å². The highest BCUT2D eigenvalue weighted by molar-refractivity contribution is 6.02. The maximum atomic E-state index is 13.2. The Bertz CT molecular complexity index is 1190. The third kappa shape index (κ3) is 5.62. The lowest BCUT2D eigenvalue weighted by Gasteiger charge is -2.17. The number of ether oxygens (including phenoxy) is 2. The Balaban J connectivity index is 2.11. The van der Waals surface area contributed by atoms with E-state index in [9.17, 15) is 14.4 Å². The summed E-state index contributed by atoms with van der Waals surface area (Å²) in [4.78, 5) is 42.1. The van der Waals surface area contributed by atoms with Crippen molar-refractivity contribution in [3.63, 3.8) is 0 Å². The van der Waals surface area contributed by atoms with Crippen molar-refractivity contribution in [1.82, 2.24) is 14.8 Å². The minimum absolute atomic E-state index is 0.00619. The lowest BCUT2D eigenvalue weighted by molar-refractivity contribution is -0.152. The van der Waals surface area contributed by atoms with Crippen LogP contribution in [-0.2, 0) is 20.8 Å². The molecule has 1 aromatic carbocycles. The molecule has 0 saturated heterocycles. The van der Waals surface area contributed by atoms with Gasteiger partial charge in [0.2, 0.25) is 6.79 Å². The molecule has 0 aliphatic heterocycles. The number of aryl methyl sites for hydroxylation is 2. The molecular formula is C24H26N4O5. The van der Waals surface area contributed by atoms with E-state index >= 15 is 0 Å². The summed E-state index contributed by atoms with van der Waals surface area (Å²) in [6.45, 7) is 5.21. The van der Waals surface area contributed by atoms with Crippen molar-refractivity contribution < 1.29 is 19.1 Å². The Kier molecular flexibility index (Phi) is 7.91. The number of nitrogens with one attached hydrogen (secondary N) is 1. The number of esters is 2. The SMILES string of the molecule is CCCC(=O)OCOC(=O)c1c(-c2ccccc2)nn(CC)c(=O)c1Nc1cnccc1C. The lowest BCUT2D eigenvalue weighted by atomic mass is 10.0. The van der Waals surface area contributed by atoms with Crippen LogP contribution in [0, 0.1) is 6.92 Å². The van der Waals surface area contributed by atoms with Gasteiger partial charge in [-0.1, -0.05) is 37.3 Å². The smallest absolute Gasteiger partial charge is 0.345 e. The number of rotatable bonds is 9. The molecule has 0 aliphatic carbocycles. The molecule has 2 aromatic heterocycles. The molecule has 0 amide bonds. The molecule has 3 rings (SSSR count). The molecule has 0 fully saturated rings. The van der Waals surface area contributed by atoms with Crippen molar-refractivity contribution in [2.45, 2.75) is 40.2 Å². The molecular weight excluding hydrogens is 424 g/mol. The molecule has 0 aliphatic rings. The van der Waals surface area contributed by atoms with Crippen LogP contribution in [0.5, 0.6) is 0 Å². The van der Waals surface area contributed by atoms with E-state index < -0.39 is 24.3 Å². The van der Waals surface area contributed by atoms with Gasteiger partial charge in [0.15, 0.2) is 0 Å². The maximum Gasteiger partial charge on any atom is 0.345 e. The molecule has 33 heavy (non-hydrogen) atoms. The molecule has 0 unspecified atom stereocenters. The summed E-state index contributed by atoms with van der Waals surface area (Å²) in [6, 6.07) is 10.8. The fourth-order valence-electron chi connectivity index (χ4n) is 3.12. The van der Waals surface area contributed by atoms with Gasteiger partial charge in [0.1, 0.15) is 16.9 Å². The van der Waals surface area contributed by atoms with Crippen LogP contribution in [0.2, 0.25) is 0 Å². The molecule has 1 N–H and O–H groups in total. The Morgan fingerprint density at radius 1 is 1.09 bits per heavy atom. The molecule has 2 heterocycles. The van der Waals surface area contributed by atoms with Gasteiger partial charge in [-0.25, -0.2) is 9.48 Å². The van der Waals surface area contributed by atoms with Crippen molar-refractivity contribution in [2.75, 3.05) is 12.1 Å². The van der Waals surface area contributed by atoms with E-state index in [1.165, 1.54) is 4.68 Å². The highest BCUT2D eigenvalue weighted by Crippen LogP contribution is 2.28. The molecule has 0 spiro atoms. The zero-order valence-corrected chi connectivity index (χ0v) is 18.8. The number of aromatic nitrogens is 3. The average Bonchev–Trinajstić information content (AvgIpc) is 2.82. The quantitative estimate of drug-likeness (QED) is 0.387. The van der Waals surface area contributed by atoms with Crippen LogP contribution in [0.3, 0.4) is 0 Å². The Hall–Kier alpha value is -4.01. The number of anilines is 2. The van der Waals surface area contributed by atoms with Crippen LogP contribution in [0.4, 0.5) is 11.4 Å². The number of nitrogens with zero attached hydrogens (tertiary/aromatic N) is 3. The minimum atomic E-state index is -0.838. The summed E-state index contributed by atoms with van der Waals surface area (Å²) >= 11 is 0. The van der Waals surface area contributed by atoms with Gasteiger partial charge < -0.3 is 14.8 Å². The van der Waals surface area contributed by atoms with Gasteiger partial charge in [0, 0.05) is 24.7 Å². The van der Waals surface area contributed by atoms with Gasteiger partial charge in [-0.05, 0) is 31.9 Å². The van der Waals surface area contributed by atoms with Gasteiger partial charge in [-0.2, -0.15) is 5.10 Å². The van der Waals surface area contributed by atoms with E-state index in [-0.39, 0.29) is 23.4 Å². The highest BCUT2D eigenvalue weighted by Gasteiger charge is 2.26. The van der Waals surface area contributed by atoms with Gasteiger partial charge >= 0.3 is 11.9 Å². The third-order valence-corrected chi connectivity index (χ3v) is 4.87. The molecule has 172 valence electrons. The van der Waals surface area contributed by atoms with E-state index in [2.05, 4.69) is 15.4 Å². The zero-order valence-electron chi connectivity index (χ0n) is 18.8. The first-order valence-corrected chi connectivity index (χ1v) is 10.7. The summed E-state index contributed by atoms with van der Waals surface area (Å²) in [7, 11) is 0. The Morgan fingerprint density at radius 3 is 2.52 bits per heavy atom. The lowest BCUT2D eigenvalue weighted by Crippen LogP contribution is -2.29. The van der Waals surface area contributed by atoms with E-state index in [4.69, 9.17) is 9.47 Å². The predicted octanol–water partition coefficient (Wildman–Crippen LogP) is 3.83. The second kappa shape index (κ2) is 11.0. The molecule has 9 nitrogen and oxygen atoms in total. The number of carbonyl (C=O) groups excluding carboxylic acids is 2. The fraction of sp³-hybridized carbons (Fsp3) is 0.292. The summed E-state index contributed by atoms with van der Waals surface area (Å²) in [5, 5.41) is 7.47. The summed E-state index contributed by atoms with van der Waals surface area (Å²) < 4.78 is 11.4. The van der Waals surface area contributed by atoms with Crippen molar-refractivity contribution in [3.8, 4) is 11.3 Å². The molecule has 0 radical (unpaired) electrons. The number of benzene rings is 1. The van der Waals surface area contributed by atoms with Gasteiger partial charge in [-0.3, -0.25) is 14.6 Å². The first kappa shape index (κ1) is 23.6. The summed E-state index contributed by atoms with van der Waals surface area (Å²) in [5.41, 5.74) is 1.75. The maximum absolute atomic E-state index is 13.2. The molecule has 9 heteroatoms. The Labute approximate surface area is 191 Å². The largest absolute Gasteiger partial charge is 0.428 e. The van der Waals surface area contributed by atoms with E-state index in [0.29, 0.717) is 24.2 Å². The van der Waals surface area contributed by atoms with Crippen molar-refractivity contribution in [3.05, 3.63) is 70.3 Å². The molecule has 3 aromatic rings. The zero-order chi connectivity index (χ0) is 23.8. The van der Waals surface area contributed by atoms with E-state index in [1.807, 2.05) is 19.9 Å². The highest BCUT2D eigenvalue weighted by atomic mass is 16.7. The van der Waals surface area contributed by atoms with Crippen molar-refractivity contribution in [1.29, 1.82) is 0 Å². The van der Waals surface area contributed by atoms with E-state index in [1.54, 1.807) is 49.6 Å². The number of pyridine rings is 1. The van der Waals surface area contributed by atoms with E-state index in [0.717, 1.165) is 5.56 Å². The minimum Gasteiger partial charge on any atom is -0.428 e. The first-order valence-electron chi connectivity index (χ1n) is 10.7. The third-order valence-electron chi connectivity index (χ3n) is 4.87. The fourth-order valence-corrected chi connectivity index (χ4v) is 3.12. The monoisotopic (exact) mass is 450 g/mol. The standard InChI is InChI=1S/C24H26N4O5/c1-4-9-19(29)32-15-33-24(31)20-21(17-10-7-6-8-11-17)27-28(5-2)23(30)22(20)26-18-14-25-13-12-16(18)3/h6-8,10-14,26H,4-5,9,15H2,1-3H3. The van der Waals surface area contributed by atoms with Gasteiger partial charge in [0.05, 0.1) is 11.9 Å². The van der Waals surface area contributed by atoms with Crippen molar-refractivity contribution in [2.24, 2.45) is 0 Å². The average molecular weight is 450 g/mol. The Morgan fingerprint density at radius 2 is 1.85 bits per heavy atom. The van der Waals surface area contributed by atoms with Crippen LogP contribution >= 0.6 is 0 Å². The second-order valence-electron chi connectivity index (χ2n) is 7.22. The van der Waals surface area contributed by atoms with Gasteiger partial charge in [-0.15, -0.1) is 0 Å². The van der Waals surface area contributed by atoms with Crippen LogP contribution in [0.1, 0.15) is 42.6 Å². The molecule has 0 bridgehead atoms. The summed E-state index contributed by atoms with van der Waals surface area (Å²) in [5.74, 6) is -1.31. The van der Waals surface area contributed by atoms with Crippen LogP contribution in [-0.4, -0.2) is 33.5 Å². The predicted molar refractivity (Wildman–Crippen MR) is 123 cm³/mol. The number of carbonyl (C=O) groups is 2. The first-order chi connectivity index (χ1) is 16.0. The van der Waals surface area contributed by atoms with Crippen LogP contribution < -0.4 is 10.9 Å². The number of hydrogen-bond donors (Lipinski definition) is 1. The number of hydrogen-bond acceptors (Lipinski definition) is 8. The van der Waals surface area contributed by atoms with Gasteiger partial charge in [0.25, 0.3) is 5.56 Å². The topological polar surface area (TPSA) is 112 Å². The normalized spacial score (nSPS) is 10.5.